The molecule has 0 spiro atoms. The minimum atomic E-state index is -0.0709. The number of ether oxygens (including phenoxy) is 1. The van der Waals surface area contributed by atoms with Crippen LogP contribution in [0.1, 0.15) is 47.8 Å². The van der Waals surface area contributed by atoms with Gasteiger partial charge in [0.2, 0.25) is 5.95 Å². The van der Waals surface area contributed by atoms with E-state index in [9.17, 15) is 4.79 Å². The molecular weight excluding hydrogens is 452 g/mol. The molecule has 1 N–H and O–H groups in total. The van der Waals surface area contributed by atoms with Crippen LogP contribution in [0, 0.1) is 6.92 Å². The van der Waals surface area contributed by atoms with Gasteiger partial charge < -0.3 is 15.0 Å². The van der Waals surface area contributed by atoms with Crippen LogP contribution >= 0.6 is 0 Å². The van der Waals surface area contributed by atoms with Crippen LogP contribution in [0.2, 0.25) is 0 Å². The second kappa shape index (κ2) is 9.89. The van der Waals surface area contributed by atoms with Crippen LogP contribution in [0.3, 0.4) is 0 Å². The molecule has 36 heavy (non-hydrogen) atoms. The molecule has 0 saturated carbocycles. The van der Waals surface area contributed by atoms with Crippen LogP contribution in [0.4, 0.5) is 17.5 Å². The Morgan fingerprint density at radius 3 is 2.53 bits per heavy atom. The van der Waals surface area contributed by atoms with Crippen LogP contribution < -0.4 is 15.0 Å². The zero-order valence-corrected chi connectivity index (χ0v) is 21.9. The smallest absolute Gasteiger partial charge is 0.225 e. The van der Waals surface area contributed by atoms with Crippen LogP contribution in [-0.2, 0) is 11.8 Å². The van der Waals surface area contributed by atoms with Crippen molar-refractivity contribution in [1.82, 2.24) is 19.9 Å². The Kier molecular flexibility index (Phi) is 6.88. The number of fused-ring (bicyclic) bond motifs is 1. The quantitative estimate of drug-likeness (QED) is 0.355. The van der Waals surface area contributed by atoms with Gasteiger partial charge in [-0.2, -0.15) is 0 Å². The first-order valence-corrected chi connectivity index (χ1v) is 11.8. The summed E-state index contributed by atoms with van der Waals surface area (Å²) < 4.78 is 5.50. The number of benzene rings is 2. The third-order valence-electron chi connectivity index (χ3n) is 6.05. The van der Waals surface area contributed by atoms with Gasteiger partial charge in [-0.15, -0.1) is 0 Å². The number of carbonyl (C=O) groups excluding carboxylic acids is 1. The molecule has 0 aliphatic rings. The fraction of sp³-hybridized carbons (Fsp3) is 0.321. The third-order valence-corrected chi connectivity index (χ3v) is 6.05. The van der Waals surface area contributed by atoms with Gasteiger partial charge in [0.25, 0.3) is 0 Å². The average molecular weight is 485 g/mol. The van der Waals surface area contributed by atoms with E-state index in [-0.39, 0.29) is 17.6 Å². The summed E-state index contributed by atoms with van der Waals surface area (Å²) in [5.74, 6) is 1.74. The molecule has 186 valence electrons. The van der Waals surface area contributed by atoms with Gasteiger partial charge in [-0.25, -0.2) is 19.9 Å². The Bertz CT molecular complexity index is 1430. The molecule has 8 heteroatoms. The van der Waals surface area contributed by atoms with Crippen molar-refractivity contribution in [2.24, 2.45) is 0 Å². The molecule has 0 aliphatic heterocycles. The van der Waals surface area contributed by atoms with E-state index in [0.717, 1.165) is 22.4 Å². The molecule has 0 radical (unpaired) electrons. The van der Waals surface area contributed by atoms with Crippen molar-refractivity contribution < 1.29 is 9.53 Å². The van der Waals surface area contributed by atoms with Crippen LogP contribution in [0.5, 0.6) is 5.75 Å². The summed E-state index contributed by atoms with van der Waals surface area (Å²) in [6, 6.07) is 11.8. The number of Topliss-reactive ketones (excluding diaryl/α,β-unsaturated/α-hetero) is 1. The molecule has 0 fully saturated rings. The number of nitrogens with zero attached hydrogens (tertiary/aromatic N) is 5. The van der Waals surface area contributed by atoms with E-state index >= 15 is 0 Å². The van der Waals surface area contributed by atoms with Gasteiger partial charge in [0, 0.05) is 26.2 Å². The van der Waals surface area contributed by atoms with E-state index < -0.39 is 0 Å². The van der Waals surface area contributed by atoms with Crippen molar-refractivity contribution in [1.29, 1.82) is 0 Å². The second-order valence-electron chi connectivity index (χ2n) is 10.1. The lowest BCUT2D eigenvalue weighted by atomic mass is 9.85. The molecule has 0 amide bonds. The molecular formula is C28H32N6O2. The molecule has 8 nitrogen and oxygen atoms in total. The maximum atomic E-state index is 13.4. The van der Waals surface area contributed by atoms with Crippen molar-refractivity contribution in [3.05, 3.63) is 71.2 Å². The predicted octanol–water partition coefficient (Wildman–Crippen LogP) is 5.27. The first-order chi connectivity index (χ1) is 17.1. The SMILES string of the molecule is COc1ccc(C(C)(C)C)cc1C(=O)Cc1ccc(C)c(Nc2ncnc3cnc(N(C)C)nc23)c1. The number of aryl methyl sites for hydroxylation is 1. The molecule has 2 heterocycles. The normalized spacial score (nSPS) is 11.4. The summed E-state index contributed by atoms with van der Waals surface area (Å²) in [5, 5.41) is 3.39. The van der Waals surface area contributed by atoms with E-state index in [4.69, 9.17) is 4.74 Å². The van der Waals surface area contributed by atoms with Crippen molar-refractivity contribution in [3.63, 3.8) is 0 Å². The Morgan fingerprint density at radius 2 is 1.83 bits per heavy atom. The lowest BCUT2D eigenvalue weighted by Crippen LogP contribution is -2.14. The fourth-order valence-corrected chi connectivity index (χ4v) is 3.87. The number of nitrogens with one attached hydrogen (secondary N) is 1. The Labute approximate surface area is 211 Å². The molecule has 0 atom stereocenters. The van der Waals surface area contributed by atoms with E-state index in [1.165, 1.54) is 6.33 Å². The Balaban J connectivity index is 1.65. The van der Waals surface area contributed by atoms with Gasteiger partial charge in [0.15, 0.2) is 11.6 Å². The number of carbonyl (C=O) groups is 1. The maximum Gasteiger partial charge on any atom is 0.225 e. The van der Waals surface area contributed by atoms with E-state index in [0.29, 0.717) is 34.1 Å². The first kappa shape index (κ1) is 25.0. The lowest BCUT2D eigenvalue weighted by molar-refractivity contribution is 0.0990. The number of hydrogen-bond donors (Lipinski definition) is 1. The number of aromatic nitrogens is 4. The van der Waals surface area contributed by atoms with E-state index in [1.807, 2.05) is 62.3 Å². The van der Waals surface area contributed by atoms with Gasteiger partial charge >= 0.3 is 0 Å². The first-order valence-electron chi connectivity index (χ1n) is 11.8. The highest BCUT2D eigenvalue weighted by Crippen LogP contribution is 2.30. The molecule has 2 aromatic carbocycles. The zero-order valence-electron chi connectivity index (χ0n) is 21.9. The number of methoxy groups -OCH3 is 1. The Hall–Kier alpha value is -4.07. The van der Waals surface area contributed by atoms with Crippen molar-refractivity contribution in [3.8, 4) is 5.75 Å². The van der Waals surface area contributed by atoms with Gasteiger partial charge in [-0.05, 0) is 47.2 Å². The summed E-state index contributed by atoms with van der Waals surface area (Å²) in [7, 11) is 5.36. The number of hydrogen-bond acceptors (Lipinski definition) is 8. The predicted molar refractivity (Wildman–Crippen MR) is 144 cm³/mol. The zero-order chi connectivity index (χ0) is 26.0. The number of anilines is 3. The van der Waals surface area contributed by atoms with E-state index in [1.54, 1.807) is 13.3 Å². The molecule has 4 aromatic rings. The molecule has 4 rings (SSSR count). The highest BCUT2D eigenvalue weighted by molar-refractivity contribution is 6.00. The topological polar surface area (TPSA) is 93.1 Å². The van der Waals surface area contributed by atoms with Crippen molar-refractivity contribution in [2.45, 2.75) is 39.5 Å². The van der Waals surface area contributed by atoms with Gasteiger partial charge in [0.05, 0.1) is 18.9 Å². The lowest BCUT2D eigenvalue weighted by Gasteiger charge is -2.21. The van der Waals surface area contributed by atoms with Gasteiger partial charge in [-0.3, -0.25) is 4.79 Å². The third kappa shape index (κ3) is 5.27. The Morgan fingerprint density at radius 1 is 1.06 bits per heavy atom. The van der Waals surface area contributed by atoms with Gasteiger partial charge in [-0.1, -0.05) is 39.0 Å². The minimum absolute atomic E-state index is 0.00334. The summed E-state index contributed by atoms with van der Waals surface area (Å²) in [4.78, 5) is 32.8. The van der Waals surface area contributed by atoms with Crippen LogP contribution in [-0.4, -0.2) is 46.9 Å². The molecule has 2 aromatic heterocycles. The standard InChI is InChI=1S/C28H32N6O2/c1-17-8-9-18(13-23(35)20-14-19(28(2,3)4)10-11-24(20)36-7)12-21(17)32-26-25-22(30-16-31-26)15-29-27(33-25)34(5)6/h8-12,14-16H,13H2,1-7H3,(H,30,31,32). The highest BCUT2D eigenvalue weighted by Gasteiger charge is 2.20. The maximum absolute atomic E-state index is 13.4. The monoisotopic (exact) mass is 484 g/mol. The summed E-state index contributed by atoms with van der Waals surface area (Å²) in [6.07, 6.45) is 3.42. The summed E-state index contributed by atoms with van der Waals surface area (Å²) in [6.45, 7) is 8.39. The number of rotatable bonds is 7. The average Bonchev–Trinajstić information content (AvgIpc) is 2.84. The molecule has 0 aliphatic carbocycles. The molecule has 0 saturated heterocycles. The largest absolute Gasteiger partial charge is 0.496 e. The summed E-state index contributed by atoms with van der Waals surface area (Å²) >= 11 is 0. The van der Waals surface area contributed by atoms with Crippen molar-refractivity contribution in [2.75, 3.05) is 31.4 Å². The van der Waals surface area contributed by atoms with E-state index in [2.05, 4.69) is 46.0 Å². The molecule has 0 bridgehead atoms. The molecule has 0 unspecified atom stereocenters. The second-order valence-corrected chi connectivity index (χ2v) is 10.1. The highest BCUT2D eigenvalue weighted by atomic mass is 16.5. The minimum Gasteiger partial charge on any atom is -0.496 e. The summed E-state index contributed by atoms with van der Waals surface area (Å²) in [5.41, 5.74) is 5.64. The fourth-order valence-electron chi connectivity index (χ4n) is 3.87. The van der Waals surface area contributed by atoms with Crippen LogP contribution in [0.25, 0.3) is 11.0 Å². The van der Waals surface area contributed by atoms with Crippen LogP contribution in [0.15, 0.2) is 48.9 Å². The van der Waals surface area contributed by atoms with Gasteiger partial charge in [0.1, 0.15) is 23.1 Å². The van der Waals surface area contributed by atoms with Crippen molar-refractivity contribution >= 4 is 34.3 Å². The number of ketones is 1.